The first-order valence-electron chi connectivity index (χ1n) is 7.65. The number of nitrogens with one attached hydrogen (secondary N) is 1. The van der Waals surface area contributed by atoms with E-state index in [1.165, 1.54) is 0 Å². The molecule has 0 aliphatic rings. The lowest BCUT2D eigenvalue weighted by Crippen LogP contribution is -2.40. The highest BCUT2D eigenvalue weighted by Crippen LogP contribution is 2.40. The Morgan fingerprint density at radius 1 is 1.04 bits per heavy atom. The molecule has 2 rings (SSSR count). The highest BCUT2D eigenvalue weighted by Gasteiger charge is 2.29. The Hall–Kier alpha value is -1.48. The SMILES string of the molecule is CC(C)CC(NP(=S)(c1ccccc1)c1ccccc1)C(=O)O. The molecule has 2 N–H and O–H groups in total. The molecule has 0 aliphatic carbocycles. The first-order valence-corrected chi connectivity index (χ1v) is 10.5. The highest BCUT2D eigenvalue weighted by molar-refractivity contribution is 8.20. The maximum absolute atomic E-state index is 11.7. The summed E-state index contributed by atoms with van der Waals surface area (Å²) in [6.07, 6.45) is -1.84. The van der Waals surface area contributed by atoms with Gasteiger partial charge >= 0.3 is 5.97 Å². The standard InChI is InChI=1S/C18H22NO2PS/c1-14(2)13-17(18(20)21)19-22(23,15-9-5-3-6-10-15)16-11-7-4-8-12-16/h3-12,14,17H,13H2,1-2H3,(H,19,23)(H,20,21). The zero-order valence-corrected chi connectivity index (χ0v) is 15.1. The van der Waals surface area contributed by atoms with Crippen molar-refractivity contribution in [3.8, 4) is 0 Å². The van der Waals surface area contributed by atoms with Crippen LogP contribution in [0.15, 0.2) is 60.7 Å². The molecule has 2 aromatic rings. The second kappa shape index (κ2) is 7.87. The molecule has 0 fully saturated rings. The Morgan fingerprint density at radius 2 is 1.48 bits per heavy atom. The molecular formula is C18H22NO2PS. The summed E-state index contributed by atoms with van der Waals surface area (Å²) in [5, 5.41) is 14.9. The second-order valence-electron chi connectivity index (χ2n) is 5.93. The van der Waals surface area contributed by atoms with Gasteiger partial charge in [0.25, 0.3) is 0 Å². The molecule has 0 amide bonds. The van der Waals surface area contributed by atoms with Crippen LogP contribution in [-0.2, 0) is 16.6 Å². The van der Waals surface area contributed by atoms with E-state index in [2.05, 4.69) is 5.09 Å². The number of aliphatic carboxylic acids is 1. The van der Waals surface area contributed by atoms with E-state index in [4.69, 9.17) is 11.8 Å². The molecule has 0 bridgehead atoms. The number of benzene rings is 2. The van der Waals surface area contributed by atoms with Crippen molar-refractivity contribution in [1.29, 1.82) is 0 Å². The molecule has 0 spiro atoms. The molecule has 5 heteroatoms. The fourth-order valence-corrected chi connectivity index (χ4v) is 6.02. The summed E-state index contributed by atoms with van der Waals surface area (Å²) in [6.45, 7) is 4.04. The fourth-order valence-electron chi connectivity index (χ4n) is 2.47. The van der Waals surface area contributed by atoms with Crippen LogP contribution in [0.25, 0.3) is 0 Å². The monoisotopic (exact) mass is 347 g/mol. The highest BCUT2D eigenvalue weighted by atomic mass is 32.4. The predicted octanol–water partition coefficient (Wildman–Crippen LogP) is 3.12. The van der Waals surface area contributed by atoms with Crippen molar-refractivity contribution >= 4 is 34.6 Å². The molecule has 0 aromatic heterocycles. The third-order valence-corrected chi connectivity index (χ3v) is 7.89. The van der Waals surface area contributed by atoms with Crippen molar-refractivity contribution in [2.24, 2.45) is 5.92 Å². The number of hydrogen-bond acceptors (Lipinski definition) is 2. The summed E-state index contributed by atoms with van der Waals surface area (Å²) in [5.74, 6) is -0.571. The van der Waals surface area contributed by atoms with Crippen molar-refractivity contribution in [2.75, 3.05) is 0 Å². The van der Waals surface area contributed by atoms with Crippen LogP contribution in [0.3, 0.4) is 0 Å². The van der Waals surface area contributed by atoms with E-state index in [0.717, 1.165) is 10.6 Å². The van der Waals surface area contributed by atoms with Gasteiger partial charge in [-0.1, -0.05) is 86.3 Å². The van der Waals surface area contributed by atoms with Crippen molar-refractivity contribution < 1.29 is 9.90 Å². The number of carboxylic acid groups (broad SMARTS) is 1. The van der Waals surface area contributed by atoms with E-state index in [9.17, 15) is 9.90 Å². The summed E-state index contributed by atoms with van der Waals surface area (Å²) in [5.41, 5.74) is 0. The molecule has 2 aromatic carbocycles. The molecule has 0 heterocycles. The normalized spacial score (nSPS) is 13.0. The maximum Gasteiger partial charge on any atom is 0.321 e. The van der Waals surface area contributed by atoms with Crippen LogP contribution in [0.4, 0.5) is 0 Å². The van der Waals surface area contributed by atoms with Gasteiger partial charge in [-0.3, -0.25) is 9.88 Å². The maximum atomic E-state index is 11.7. The minimum absolute atomic E-state index is 0.276. The third-order valence-electron chi connectivity index (χ3n) is 3.58. The summed E-state index contributed by atoms with van der Waals surface area (Å²) in [6, 6.07) is 18.9. The largest absolute Gasteiger partial charge is 0.480 e. The van der Waals surface area contributed by atoms with Crippen LogP contribution in [0.1, 0.15) is 20.3 Å². The fraction of sp³-hybridized carbons (Fsp3) is 0.278. The van der Waals surface area contributed by atoms with E-state index in [-0.39, 0.29) is 5.92 Å². The Bertz CT molecular complexity index is 645. The van der Waals surface area contributed by atoms with Crippen LogP contribution in [0.5, 0.6) is 0 Å². The Kier molecular flexibility index (Phi) is 6.11. The summed E-state index contributed by atoms with van der Waals surface area (Å²) < 4.78 is 0. The Morgan fingerprint density at radius 3 is 1.83 bits per heavy atom. The minimum atomic E-state index is -2.39. The van der Waals surface area contributed by atoms with Gasteiger partial charge in [0.05, 0.1) is 6.19 Å². The molecule has 0 saturated heterocycles. The van der Waals surface area contributed by atoms with E-state index in [1.807, 2.05) is 74.5 Å². The van der Waals surface area contributed by atoms with Crippen molar-refractivity contribution in [1.82, 2.24) is 5.09 Å². The lowest BCUT2D eigenvalue weighted by molar-refractivity contribution is -0.139. The Balaban J connectivity index is 2.46. The summed E-state index contributed by atoms with van der Waals surface area (Å²) in [7, 11) is 0. The number of hydrogen-bond donors (Lipinski definition) is 2. The zero-order valence-electron chi connectivity index (χ0n) is 13.3. The minimum Gasteiger partial charge on any atom is -0.480 e. The van der Waals surface area contributed by atoms with Crippen molar-refractivity contribution in [2.45, 2.75) is 26.3 Å². The van der Waals surface area contributed by atoms with E-state index >= 15 is 0 Å². The van der Waals surface area contributed by atoms with E-state index < -0.39 is 18.2 Å². The number of carbonyl (C=O) groups is 1. The number of rotatable bonds is 7. The molecule has 0 radical (unpaired) electrons. The van der Waals surface area contributed by atoms with Crippen LogP contribution in [-0.4, -0.2) is 17.1 Å². The molecule has 0 aliphatic heterocycles. The van der Waals surface area contributed by atoms with Gasteiger partial charge in [-0.2, -0.15) is 0 Å². The zero-order chi connectivity index (χ0) is 16.9. The second-order valence-corrected chi connectivity index (χ2v) is 10.1. The van der Waals surface area contributed by atoms with Crippen LogP contribution in [0.2, 0.25) is 0 Å². The molecule has 1 unspecified atom stereocenters. The van der Waals surface area contributed by atoms with Crippen LogP contribution in [0, 0.1) is 5.92 Å². The van der Waals surface area contributed by atoms with E-state index in [1.54, 1.807) is 0 Å². The average molecular weight is 347 g/mol. The molecule has 3 nitrogen and oxygen atoms in total. The summed E-state index contributed by atoms with van der Waals surface area (Å²) in [4.78, 5) is 11.7. The van der Waals surface area contributed by atoms with Gasteiger partial charge < -0.3 is 5.11 Å². The van der Waals surface area contributed by atoms with Gasteiger partial charge in [-0.25, -0.2) is 0 Å². The molecular weight excluding hydrogens is 325 g/mol. The molecule has 23 heavy (non-hydrogen) atoms. The van der Waals surface area contributed by atoms with Crippen molar-refractivity contribution in [3.05, 3.63) is 60.7 Å². The topological polar surface area (TPSA) is 49.3 Å². The average Bonchev–Trinajstić information content (AvgIpc) is 2.55. The van der Waals surface area contributed by atoms with Gasteiger partial charge in [0.2, 0.25) is 0 Å². The quantitative estimate of drug-likeness (QED) is 0.756. The lowest BCUT2D eigenvalue weighted by atomic mass is 10.1. The predicted molar refractivity (Wildman–Crippen MR) is 100 cm³/mol. The van der Waals surface area contributed by atoms with Gasteiger partial charge in [0, 0.05) is 10.6 Å². The molecule has 122 valence electrons. The molecule has 1 atom stereocenters. The van der Waals surface area contributed by atoms with Crippen LogP contribution >= 0.6 is 6.19 Å². The van der Waals surface area contributed by atoms with Gasteiger partial charge in [0.15, 0.2) is 0 Å². The van der Waals surface area contributed by atoms with Gasteiger partial charge in [-0.05, 0) is 12.3 Å². The third kappa shape index (κ3) is 4.51. The van der Waals surface area contributed by atoms with E-state index in [0.29, 0.717) is 6.42 Å². The Labute approximate surface area is 142 Å². The number of carboxylic acids is 1. The molecule has 0 saturated carbocycles. The lowest BCUT2D eigenvalue weighted by Gasteiger charge is -2.29. The summed E-state index contributed by atoms with van der Waals surface area (Å²) >= 11 is 6.02. The first kappa shape index (κ1) is 17.9. The van der Waals surface area contributed by atoms with Crippen molar-refractivity contribution in [3.63, 3.8) is 0 Å². The smallest absolute Gasteiger partial charge is 0.321 e. The first-order chi connectivity index (χ1) is 10.9. The van der Waals surface area contributed by atoms with Gasteiger partial charge in [0.1, 0.15) is 6.04 Å². The van der Waals surface area contributed by atoms with Gasteiger partial charge in [-0.15, -0.1) is 0 Å². The van der Waals surface area contributed by atoms with Crippen LogP contribution < -0.4 is 15.7 Å².